The van der Waals surface area contributed by atoms with Gasteiger partial charge in [-0.25, -0.2) is 4.79 Å². The Morgan fingerprint density at radius 1 is 1.20 bits per heavy atom. The highest BCUT2D eigenvalue weighted by Gasteiger charge is 2.32. The molecule has 0 radical (unpaired) electrons. The van der Waals surface area contributed by atoms with E-state index in [2.05, 4.69) is 0 Å². The minimum absolute atomic E-state index is 0.0626. The van der Waals surface area contributed by atoms with Crippen molar-refractivity contribution in [3.63, 3.8) is 0 Å². The van der Waals surface area contributed by atoms with Gasteiger partial charge in [0.05, 0.1) is 6.42 Å². The van der Waals surface area contributed by atoms with Gasteiger partial charge < -0.3 is 10.6 Å². The van der Waals surface area contributed by atoms with Crippen LogP contribution in [0.4, 0.5) is 0 Å². The van der Waals surface area contributed by atoms with Gasteiger partial charge in [-0.15, -0.1) is 5.06 Å². The summed E-state index contributed by atoms with van der Waals surface area (Å²) in [5, 5.41) is 7.77. The van der Waals surface area contributed by atoms with Crippen LogP contribution in [0.15, 0.2) is 24.3 Å². The molecule has 0 spiro atoms. The number of carbonyl (C=O) groups excluding carboxylic acids is 3. The molecule has 3 N–H and O–H groups in total. The Balaban J connectivity index is 1.96. The van der Waals surface area contributed by atoms with Gasteiger partial charge in [-0.05, 0) is 5.56 Å². The van der Waals surface area contributed by atoms with Crippen molar-refractivity contribution in [3.8, 4) is 0 Å². The molecule has 0 atom stereocenters. The van der Waals surface area contributed by atoms with E-state index in [0.717, 1.165) is 0 Å². The molecule has 1 aromatic rings. The molecule has 7 heteroatoms. The second-order valence-corrected chi connectivity index (χ2v) is 4.33. The molecule has 0 bridgehead atoms. The van der Waals surface area contributed by atoms with Gasteiger partial charge in [-0.2, -0.15) is 0 Å². The molecule has 104 valence electrons. The van der Waals surface area contributed by atoms with Gasteiger partial charge in [-0.1, -0.05) is 24.3 Å². The van der Waals surface area contributed by atoms with Gasteiger partial charge in [0.25, 0.3) is 11.8 Å². The standard InChI is InChI=1S/C13H13N3O4/c14-13(15)9-3-1-8(2-4-9)7-12(19)20-16-10(17)5-6-11(16)18/h1-4H,5-7H2,(H3,14,15). The first kappa shape index (κ1) is 13.7. The van der Waals surface area contributed by atoms with Crippen molar-refractivity contribution in [2.75, 3.05) is 0 Å². The number of nitrogens with one attached hydrogen (secondary N) is 1. The zero-order valence-corrected chi connectivity index (χ0v) is 10.6. The molecule has 1 aliphatic heterocycles. The summed E-state index contributed by atoms with van der Waals surface area (Å²) in [6, 6.07) is 6.48. The van der Waals surface area contributed by atoms with Crippen molar-refractivity contribution >= 4 is 23.6 Å². The van der Waals surface area contributed by atoms with E-state index in [1.165, 1.54) is 0 Å². The van der Waals surface area contributed by atoms with Crippen molar-refractivity contribution in [2.45, 2.75) is 19.3 Å². The highest BCUT2D eigenvalue weighted by molar-refractivity contribution is 6.01. The quantitative estimate of drug-likeness (QED) is 0.460. The van der Waals surface area contributed by atoms with Crippen LogP contribution in [0.5, 0.6) is 0 Å². The van der Waals surface area contributed by atoms with E-state index >= 15 is 0 Å². The third kappa shape index (κ3) is 3.00. The maximum absolute atomic E-state index is 11.6. The predicted octanol–water partition coefficient (Wildman–Crippen LogP) is 0.120. The van der Waals surface area contributed by atoms with Crippen LogP contribution in [0.1, 0.15) is 24.0 Å². The number of imide groups is 1. The number of rotatable bonds is 4. The Morgan fingerprint density at radius 3 is 2.25 bits per heavy atom. The summed E-state index contributed by atoms with van der Waals surface area (Å²) >= 11 is 0. The molecule has 0 unspecified atom stereocenters. The normalized spacial score (nSPS) is 14.5. The monoisotopic (exact) mass is 275 g/mol. The largest absolute Gasteiger partial charge is 0.384 e. The molecule has 2 rings (SSSR count). The minimum Gasteiger partial charge on any atom is -0.384 e. The average molecular weight is 275 g/mol. The fourth-order valence-corrected chi connectivity index (χ4v) is 1.76. The molecule has 1 saturated heterocycles. The highest BCUT2D eigenvalue weighted by Crippen LogP contribution is 2.13. The molecule has 0 aliphatic carbocycles. The topological polar surface area (TPSA) is 114 Å². The molecular formula is C13H13N3O4. The van der Waals surface area contributed by atoms with E-state index in [4.69, 9.17) is 16.0 Å². The summed E-state index contributed by atoms with van der Waals surface area (Å²) < 4.78 is 0. The van der Waals surface area contributed by atoms with Crippen LogP contribution in [0.2, 0.25) is 0 Å². The van der Waals surface area contributed by atoms with Gasteiger partial charge in [0.15, 0.2) is 0 Å². The zero-order valence-electron chi connectivity index (χ0n) is 10.6. The molecule has 20 heavy (non-hydrogen) atoms. The molecule has 1 fully saturated rings. The summed E-state index contributed by atoms with van der Waals surface area (Å²) in [5.74, 6) is -1.76. The first-order valence-electron chi connectivity index (χ1n) is 5.97. The minimum atomic E-state index is -0.691. The fourth-order valence-electron chi connectivity index (χ4n) is 1.76. The van der Waals surface area contributed by atoms with Crippen molar-refractivity contribution in [1.82, 2.24) is 5.06 Å². The molecule has 1 aliphatic rings. The third-order valence-electron chi connectivity index (χ3n) is 2.81. The van der Waals surface area contributed by atoms with Gasteiger partial charge in [0.1, 0.15) is 5.84 Å². The van der Waals surface area contributed by atoms with Gasteiger partial charge in [0, 0.05) is 18.4 Å². The summed E-state index contributed by atoms with van der Waals surface area (Å²) in [5.41, 5.74) is 6.50. The Bertz CT molecular complexity index is 564. The van der Waals surface area contributed by atoms with Crippen molar-refractivity contribution in [2.24, 2.45) is 5.73 Å². The van der Waals surface area contributed by atoms with Crippen LogP contribution in [0, 0.1) is 5.41 Å². The Labute approximate surface area is 114 Å². The van der Waals surface area contributed by atoms with E-state index in [-0.39, 0.29) is 25.1 Å². The number of nitrogens with two attached hydrogens (primary N) is 1. The Morgan fingerprint density at radius 2 is 1.75 bits per heavy atom. The number of carbonyl (C=O) groups is 3. The maximum atomic E-state index is 11.6. The molecular weight excluding hydrogens is 262 g/mol. The summed E-state index contributed by atoms with van der Waals surface area (Å²) in [6.45, 7) is 0. The molecule has 2 amide bonds. The van der Waals surface area contributed by atoms with E-state index in [0.29, 0.717) is 16.2 Å². The number of amidine groups is 1. The number of nitrogen functional groups attached to an aromatic ring is 1. The Kier molecular flexibility index (Phi) is 3.79. The Hall–Kier alpha value is -2.70. The van der Waals surface area contributed by atoms with Crippen LogP contribution in [-0.4, -0.2) is 28.7 Å². The number of hydrogen-bond acceptors (Lipinski definition) is 5. The lowest BCUT2D eigenvalue weighted by molar-refractivity contribution is -0.197. The molecule has 0 aromatic heterocycles. The molecule has 7 nitrogen and oxygen atoms in total. The third-order valence-corrected chi connectivity index (χ3v) is 2.81. The lowest BCUT2D eigenvalue weighted by atomic mass is 10.1. The highest BCUT2D eigenvalue weighted by atomic mass is 16.7. The van der Waals surface area contributed by atoms with Gasteiger partial charge in [-0.3, -0.25) is 15.0 Å². The second-order valence-electron chi connectivity index (χ2n) is 4.33. The summed E-state index contributed by atoms with van der Waals surface area (Å²) in [4.78, 5) is 39.0. The average Bonchev–Trinajstić information content (AvgIpc) is 2.71. The summed E-state index contributed by atoms with van der Waals surface area (Å²) in [6.07, 6.45) is 0.0636. The van der Waals surface area contributed by atoms with E-state index < -0.39 is 17.8 Å². The smallest absolute Gasteiger partial charge is 0.337 e. The van der Waals surface area contributed by atoms with Crippen LogP contribution >= 0.6 is 0 Å². The van der Waals surface area contributed by atoms with Gasteiger partial charge >= 0.3 is 5.97 Å². The molecule has 1 aromatic carbocycles. The SMILES string of the molecule is N=C(N)c1ccc(CC(=O)ON2C(=O)CCC2=O)cc1. The predicted molar refractivity (Wildman–Crippen MR) is 68.3 cm³/mol. The van der Waals surface area contributed by atoms with E-state index in [1.54, 1.807) is 24.3 Å². The lowest BCUT2D eigenvalue weighted by Gasteiger charge is -2.12. The van der Waals surface area contributed by atoms with Gasteiger partial charge in [0.2, 0.25) is 0 Å². The van der Waals surface area contributed by atoms with E-state index in [9.17, 15) is 14.4 Å². The van der Waals surface area contributed by atoms with Crippen LogP contribution in [0.3, 0.4) is 0 Å². The zero-order chi connectivity index (χ0) is 14.7. The number of benzene rings is 1. The lowest BCUT2D eigenvalue weighted by Crippen LogP contribution is -2.32. The van der Waals surface area contributed by atoms with Crippen molar-refractivity contribution in [3.05, 3.63) is 35.4 Å². The number of hydrogen-bond donors (Lipinski definition) is 2. The van der Waals surface area contributed by atoms with Crippen LogP contribution in [0.25, 0.3) is 0 Å². The summed E-state index contributed by atoms with van der Waals surface area (Å²) in [7, 11) is 0. The fraction of sp³-hybridized carbons (Fsp3) is 0.231. The van der Waals surface area contributed by atoms with Crippen LogP contribution in [-0.2, 0) is 25.6 Å². The number of hydroxylamine groups is 2. The van der Waals surface area contributed by atoms with E-state index in [1.807, 2.05) is 0 Å². The first-order chi connectivity index (χ1) is 9.47. The number of amides is 2. The molecule has 1 heterocycles. The number of nitrogens with zero attached hydrogens (tertiary/aromatic N) is 1. The van der Waals surface area contributed by atoms with Crippen LogP contribution < -0.4 is 5.73 Å². The first-order valence-corrected chi connectivity index (χ1v) is 5.97. The van der Waals surface area contributed by atoms with Crippen molar-refractivity contribution < 1.29 is 19.2 Å². The second kappa shape index (κ2) is 5.52. The molecule has 0 saturated carbocycles. The maximum Gasteiger partial charge on any atom is 0.337 e. The van der Waals surface area contributed by atoms with Crippen molar-refractivity contribution in [1.29, 1.82) is 5.41 Å².